The van der Waals surface area contributed by atoms with Crippen LogP contribution in [0.4, 0.5) is 0 Å². The van der Waals surface area contributed by atoms with Crippen LogP contribution in [0.15, 0.2) is 48.0 Å². The van der Waals surface area contributed by atoms with Gasteiger partial charge in [0.05, 0.1) is 18.7 Å². The molecule has 2 aromatic rings. The lowest BCUT2D eigenvalue weighted by Gasteiger charge is -2.27. The largest absolute Gasteiger partial charge is 0.507 e. The van der Waals surface area contributed by atoms with Crippen LogP contribution in [0, 0.1) is 0 Å². The highest BCUT2D eigenvalue weighted by Gasteiger charge is 2.45. The zero-order valence-electron chi connectivity index (χ0n) is 20.5. The molecule has 8 nitrogen and oxygen atoms in total. The molecule has 1 N–H and O–H groups in total. The summed E-state index contributed by atoms with van der Waals surface area (Å²) in [6.45, 7) is 8.10. The first-order chi connectivity index (χ1) is 17.0. The summed E-state index contributed by atoms with van der Waals surface area (Å²) in [5.74, 6) is 0.211. The third kappa shape index (κ3) is 4.98. The minimum Gasteiger partial charge on any atom is -0.507 e. The molecule has 4 rings (SSSR count). The van der Waals surface area contributed by atoms with Gasteiger partial charge in [-0.05, 0) is 62.0 Å². The van der Waals surface area contributed by atoms with E-state index < -0.39 is 17.7 Å². The number of ether oxygens (including phenoxy) is 3. The number of hydrogen-bond donors (Lipinski definition) is 1. The van der Waals surface area contributed by atoms with Crippen LogP contribution in [-0.2, 0) is 9.59 Å². The summed E-state index contributed by atoms with van der Waals surface area (Å²) in [5, 5.41) is 11.3. The van der Waals surface area contributed by atoms with Gasteiger partial charge in [-0.1, -0.05) is 26.0 Å². The van der Waals surface area contributed by atoms with E-state index in [2.05, 4.69) is 18.7 Å². The highest BCUT2D eigenvalue weighted by molar-refractivity contribution is 6.46. The molecule has 1 saturated heterocycles. The summed E-state index contributed by atoms with van der Waals surface area (Å²) in [6.07, 6.45) is 0.714. The molecule has 0 aliphatic carbocycles. The maximum Gasteiger partial charge on any atom is 0.295 e. The molecule has 0 spiro atoms. The number of carbonyl (C=O) groups is 2. The Morgan fingerprint density at radius 2 is 1.74 bits per heavy atom. The number of ketones is 1. The standard InChI is InChI=1S/C27H32N2O6/c1-4-28(5-2)13-6-14-29-24(18-7-10-20(33-3)11-8-18)23(26(31)27(29)32)25(30)19-9-12-21-22(17-19)35-16-15-34-21/h7-12,17,24,30H,4-6,13-16H2,1-3H3/t24-/m1/s1. The Balaban J connectivity index is 1.73. The van der Waals surface area contributed by atoms with Crippen molar-refractivity contribution in [1.29, 1.82) is 0 Å². The van der Waals surface area contributed by atoms with Gasteiger partial charge in [-0.2, -0.15) is 0 Å². The van der Waals surface area contributed by atoms with Crippen LogP contribution in [0.1, 0.15) is 37.4 Å². The van der Waals surface area contributed by atoms with Gasteiger partial charge in [0.2, 0.25) is 0 Å². The third-order valence-corrected chi connectivity index (χ3v) is 6.55. The summed E-state index contributed by atoms with van der Waals surface area (Å²) in [7, 11) is 1.58. The number of rotatable bonds is 9. The number of methoxy groups -OCH3 is 1. The number of aliphatic hydroxyl groups is 1. The molecular weight excluding hydrogens is 448 g/mol. The van der Waals surface area contributed by atoms with E-state index in [9.17, 15) is 14.7 Å². The predicted octanol–water partition coefficient (Wildman–Crippen LogP) is 3.62. The van der Waals surface area contributed by atoms with Gasteiger partial charge >= 0.3 is 0 Å². The maximum absolute atomic E-state index is 13.2. The van der Waals surface area contributed by atoms with Crippen molar-refractivity contribution in [3.05, 3.63) is 59.2 Å². The number of nitrogens with zero attached hydrogens (tertiary/aromatic N) is 2. The lowest BCUT2D eigenvalue weighted by Crippen LogP contribution is -2.33. The molecule has 2 aliphatic heterocycles. The van der Waals surface area contributed by atoms with Crippen LogP contribution in [0.2, 0.25) is 0 Å². The first-order valence-electron chi connectivity index (χ1n) is 12.0. The molecule has 8 heteroatoms. The van der Waals surface area contributed by atoms with Gasteiger partial charge in [0, 0.05) is 12.1 Å². The lowest BCUT2D eigenvalue weighted by molar-refractivity contribution is -0.140. The van der Waals surface area contributed by atoms with Crippen molar-refractivity contribution < 1.29 is 28.9 Å². The second-order valence-electron chi connectivity index (χ2n) is 8.50. The molecule has 1 atom stereocenters. The SMILES string of the molecule is CCN(CC)CCCN1C(=O)C(=O)C(=C(O)c2ccc3c(c2)OCCO3)[C@H]1c1ccc(OC)cc1. The molecule has 1 fully saturated rings. The van der Waals surface area contributed by atoms with Gasteiger partial charge in [0.25, 0.3) is 11.7 Å². The van der Waals surface area contributed by atoms with Crippen molar-refractivity contribution in [2.24, 2.45) is 0 Å². The molecule has 0 unspecified atom stereocenters. The fourth-order valence-electron chi connectivity index (χ4n) is 4.59. The van der Waals surface area contributed by atoms with Crippen molar-refractivity contribution >= 4 is 17.4 Å². The zero-order chi connectivity index (χ0) is 24.9. The quantitative estimate of drug-likeness (QED) is 0.333. The Labute approximate surface area is 205 Å². The summed E-state index contributed by atoms with van der Waals surface area (Å²) < 4.78 is 16.5. The molecule has 35 heavy (non-hydrogen) atoms. The van der Waals surface area contributed by atoms with E-state index in [0.29, 0.717) is 49.0 Å². The average molecular weight is 481 g/mol. The molecule has 2 aromatic carbocycles. The fourth-order valence-corrected chi connectivity index (χ4v) is 4.59. The third-order valence-electron chi connectivity index (χ3n) is 6.55. The smallest absolute Gasteiger partial charge is 0.295 e. The Bertz CT molecular complexity index is 1110. The van der Waals surface area contributed by atoms with Gasteiger partial charge in [-0.3, -0.25) is 9.59 Å². The van der Waals surface area contributed by atoms with E-state index >= 15 is 0 Å². The van der Waals surface area contributed by atoms with E-state index in [1.807, 2.05) is 12.1 Å². The highest BCUT2D eigenvalue weighted by Crippen LogP contribution is 2.41. The lowest BCUT2D eigenvalue weighted by atomic mass is 9.95. The molecule has 186 valence electrons. The number of hydrogen-bond acceptors (Lipinski definition) is 7. The number of amides is 1. The topological polar surface area (TPSA) is 88.5 Å². The number of Topliss-reactive ketones (excluding diaryl/α,β-unsaturated/α-hetero) is 1. The maximum atomic E-state index is 13.2. The van der Waals surface area contributed by atoms with Crippen LogP contribution in [0.3, 0.4) is 0 Å². The Kier molecular flexibility index (Phi) is 7.60. The molecule has 0 radical (unpaired) electrons. The number of benzene rings is 2. The van der Waals surface area contributed by atoms with Gasteiger partial charge in [0.1, 0.15) is 24.7 Å². The van der Waals surface area contributed by atoms with Crippen molar-refractivity contribution in [2.45, 2.75) is 26.3 Å². The molecule has 2 aliphatic rings. The Morgan fingerprint density at radius 3 is 2.40 bits per heavy atom. The van der Waals surface area contributed by atoms with Crippen LogP contribution >= 0.6 is 0 Å². The molecule has 1 amide bonds. The minimum absolute atomic E-state index is 0.0692. The van der Waals surface area contributed by atoms with Gasteiger partial charge in [-0.15, -0.1) is 0 Å². The van der Waals surface area contributed by atoms with E-state index in [4.69, 9.17) is 14.2 Å². The zero-order valence-corrected chi connectivity index (χ0v) is 20.5. The molecule has 0 aromatic heterocycles. The van der Waals surface area contributed by atoms with Crippen molar-refractivity contribution in [1.82, 2.24) is 9.80 Å². The molecule has 0 bridgehead atoms. The fraction of sp³-hybridized carbons (Fsp3) is 0.407. The van der Waals surface area contributed by atoms with Crippen LogP contribution in [0.5, 0.6) is 17.2 Å². The Morgan fingerprint density at radius 1 is 1.06 bits per heavy atom. The van der Waals surface area contributed by atoms with Crippen LogP contribution < -0.4 is 14.2 Å². The molecule has 2 heterocycles. The second-order valence-corrected chi connectivity index (χ2v) is 8.50. The summed E-state index contributed by atoms with van der Waals surface area (Å²) >= 11 is 0. The van der Waals surface area contributed by atoms with E-state index in [-0.39, 0.29) is 11.3 Å². The van der Waals surface area contributed by atoms with Crippen molar-refractivity contribution in [2.75, 3.05) is 46.5 Å². The number of fused-ring (bicyclic) bond motifs is 1. The Hall–Kier alpha value is -3.52. The first-order valence-corrected chi connectivity index (χ1v) is 12.0. The summed E-state index contributed by atoms with van der Waals surface area (Å²) in [6, 6.07) is 11.5. The van der Waals surface area contributed by atoms with Crippen LogP contribution in [-0.4, -0.2) is 73.1 Å². The highest BCUT2D eigenvalue weighted by atomic mass is 16.6. The van der Waals surface area contributed by atoms with Gasteiger partial charge < -0.3 is 29.1 Å². The number of carbonyl (C=O) groups excluding carboxylic acids is 2. The number of likely N-dealkylation sites (tertiary alicyclic amines) is 1. The normalized spacial score (nSPS) is 18.9. The van der Waals surface area contributed by atoms with E-state index in [1.165, 1.54) is 0 Å². The van der Waals surface area contributed by atoms with E-state index in [0.717, 1.165) is 25.2 Å². The molecule has 0 saturated carbocycles. The summed E-state index contributed by atoms with van der Waals surface area (Å²) in [5.41, 5.74) is 1.19. The number of aliphatic hydroxyl groups excluding tert-OH is 1. The minimum atomic E-state index is -0.703. The van der Waals surface area contributed by atoms with Crippen molar-refractivity contribution in [3.63, 3.8) is 0 Å². The average Bonchev–Trinajstić information content (AvgIpc) is 3.15. The van der Waals surface area contributed by atoms with Gasteiger partial charge in [0.15, 0.2) is 11.5 Å². The molecular formula is C27H32N2O6. The van der Waals surface area contributed by atoms with E-state index in [1.54, 1.807) is 42.3 Å². The predicted molar refractivity (Wildman–Crippen MR) is 132 cm³/mol. The monoisotopic (exact) mass is 480 g/mol. The summed E-state index contributed by atoms with van der Waals surface area (Å²) in [4.78, 5) is 30.2. The second kappa shape index (κ2) is 10.8. The van der Waals surface area contributed by atoms with Crippen molar-refractivity contribution in [3.8, 4) is 17.2 Å². The van der Waals surface area contributed by atoms with Crippen LogP contribution in [0.25, 0.3) is 5.76 Å². The first kappa shape index (κ1) is 24.6. The van der Waals surface area contributed by atoms with Gasteiger partial charge in [-0.25, -0.2) is 0 Å².